The fourth-order valence-electron chi connectivity index (χ4n) is 2.61. The molecular formula is C22H19NO5. The molecule has 6 nitrogen and oxygen atoms in total. The molecule has 0 bridgehead atoms. The van der Waals surface area contributed by atoms with Crippen molar-refractivity contribution in [3.05, 3.63) is 72.3 Å². The van der Waals surface area contributed by atoms with Crippen molar-refractivity contribution in [3.63, 3.8) is 0 Å². The highest BCUT2D eigenvalue weighted by Gasteiger charge is 2.07. The first-order chi connectivity index (χ1) is 13.5. The molecule has 0 atom stereocenters. The Balaban J connectivity index is 1.52. The van der Waals surface area contributed by atoms with Crippen LogP contribution in [0.2, 0.25) is 0 Å². The van der Waals surface area contributed by atoms with Gasteiger partial charge >= 0.3 is 5.97 Å². The maximum absolute atomic E-state index is 12.0. The lowest BCUT2D eigenvalue weighted by Gasteiger charge is -2.07. The van der Waals surface area contributed by atoms with Crippen molar-refractivity contribution in [1.82, 2.24) is 0 Å². The lowest BCUT2D eigenvalue weighted by molar-refractivity contribution is -0.142. The topological polar surface area (TPSA) is 84.9 Å². The number of carbonyl (C=O) groups is 2. The monoisotopic (exact) mass is 377 g/mol. The average Bonchev–Trinajstić information content (AvgIpc) is 2.71. The van der Waals surface area contributed by atoms with Crippen LogP contribution in [0.5, 0.6) is 11.5 Å². The summed E-state index contributed by atoms with van der Waals surface area (Å²) in [4.78, 5) is 23.8. The van der Waals surface area contributed by atoms with Crippen LogP contribution in [0.3, 0.4) is 0 Å². The Morgan fingerprint density at radius 2 is 1.82 bits per heavy atom. The quantitative estimate of drug-likeness (QED) is 0.505. The van der Waals surface area contributed by atoms with E-state index < -0.39 is 18.5 Å². The van der Waals surface area contributed by atoms with E-state index in [-0.39, 0.29) is 5.75 Å². The van der Waals surface area contributed by atoms with Crippen molar-refractivity contribution < 1.29 is 24.2 Å². The van der Waals surface area contributed by atoms with Gasteiger partial charge in [-0.3, -0.25) is 4.79 Å². The molecule has 6 heteroatoms. The Morgan fingerprint density at radius 3 is 2.61 bits per heavy atom. The van der Waals surface area contributed by atoms with Crippen LogP contribution >= 0.6 is 0 Å². The minimum atomic E-state index is -0.652. The second kappa shape index (κ2) is 8.73. The predicted molar refractivity (Wildman–Crippen MR) is 107 cm³/mol. The normalized spacial score (nSPS) is 10.8. The molecule has 3 rings (SSSR count). The van der Waals surface area contributed by atoms with Gasteiger partial charge in [0.15, 0.2) is 18.1 Å². The Hall–Kier alpha value is -3.80. The number of fused-ring (bicyclic) bond motifs is 1. The van der Waals surface area contributed by atoms with E-state index in [2.05, 4.69) is 5.32 Å². The number of hydrogen-bond acceptors (Lipinski definition) is 5. The number of nitrogens with one attached hydrogen (secondary N) is 1. The first-order valence-electron chi connectivity index (χ1n) is 8.55. The van der Waals surface area contributed by atoms with Crippen molar-refractivity contribution in [3.8, 4) is 11.5 Å². The molecule has 0 aliphatic heterocycles. The van der Waals surface area contributed by atoms with Crippen molar-refractivity contribution in [2.75, 3.05) is 19.0 Å². The van der Waals surface area contributed by atoms with Crippen LogP contribution in [0.15, 0.2) is 66.7 Å². The van der Waals surface area contributed by atoms with E-state index in [4.69, 9.17) is 9.47 Å². The molecule has 0 radical (unpaired) electrons. The van der Waals surface area contributed by atoms with Gasteiger partial charge in [0.25, 0.3) is 5.91 Å². The molecular weight excluding hydrogens is 358 g/mol. The van der Waals surface area contributed by atoms with Gasteiger partial charge in [-0.05, 0) is 46.7 Å². The third kappa shape index (κ3) is 4.88. The molecule has 0 saturated heterocycles. The van der Waals surface area contributed by atoms with Gasteiger partial charge in [-0.25, -0.2) is 4.79 Å². The number of methoxy groups -OCH3 is 1. The molecule has 0 spiro atoms. The van der Waals surface area contributed by atoms with Gasteiger partial charge in [-0.15, -0.1) is 0 Å². The summed E-state index contributed by atoms with van der Waals surface area (Å²) in [5.41, 5.74) is 1.28. The van der Waals surface area contributed by atoms with Gasteiger partial charge in [0.2, 0.25) is 0 Å². The largest absolute Gasteiger partial charge is 0.504 e. The highest BCUT2D eigenvalue weighted by atomic mass is 16.5. The van der Waals surface area contributed by atoms with Crippen LogP contribution in [0, 0.1) is 0 Å². The van der Waals surface area contributed by atoms with E-state index in [9.17, 15) is 14.7 Å². The fraction of sp³-hybridized carbons (Fsp3) is 0.0909. The molecule has 0 aliphatic carbocycles. The van der Waals surface area contributed by atoms with Crippen LogP contribution in [-0.2, 0) is 14.3 Å². The standard InChI is InChI=1S/C22H19NO5/c1-27-20-12-15(6-10-19(20)24)7-11-22(26)28-14-21(25)23-18-9-8-16-4-2-3-5-17(16)13-18/h2-13,24H,14H2,1H3,(H,23,25)/b11-7+. The third-order valence-corrected chi connectivity index (χ3v) is 3.99. The van der Waals surface area contributed by atoms with Crippen LogP contribution in [-0.4, -0.2) is 30.7 Å². The molecule has 142 valence electrons. The minimum Gasteiger partial charge on any atom is -0.504 e. The number of amides is 1. The number of anilines is 1. The first-order valence-corrected chi connectivity index (χ1v) is 8.55. The molecule has 3 aromatic carbocycles. The molecule has 1 amide bonds. The Labute approximate surface area is 162 Å². The molecule has 3 aromatic rings. The van der Waals surface area contributed by atoms with Crippen molar-refractivity contribution in [2.45, 2.75) is 0 Å². The maximum atomic E-state index is 12.0. The summed E-state index contributed by atoms with van der Waals surface area (Å²) >= 11 is 0. The highest BCUT2D eigenvalue weighted by Crippen LogP contribution is 2.26. The van der Waals surface area contributed by atoms with Gasteiger partial charge in [0.1, 0.15) is 0 Å². The number of benzene rings is 3. The van der Waals surface area contributed by atoms with Crippen LogP contribution in [0.4, 0.5) is 5.69 Å². The van der Waals surface area contributed by atoms with Crippen molar-refractivity contribution in [2.24, 2.45) is 0 Å². The summed E-state index contributed by atoms with van der Waals surface area (Å²) in [7, 11) is 1.44. The molecule has 0 heterocycles. The van der Waals surface area contributed by atoms with Gasteiger partial charge < -0.3 is 19.9 Å². The lowest BCUT2D eigenvalue weighted by Crippen LogP contribution is -2.20. The van der Waals surface area contributed by atoms with E-state index in [1.54, 1.807) is 18.2 Å². The Kier molecular flexibility index (Phi) is 5.91. The zero-order chi connectivity index (χ0) is 19.9. The molecule has 2 N–H and O–H groups in total. The molecule has 0 fully saturated rings. The summed E-state index contributed by atoms with van der Waals surface area (Å²) in [6, 6.07) is 18.0. The second-order valence-electron chi connectivity index (χ2n) is 5.98. The number of hydrogen-bond donors (Lipinski definition) is 2. The number of ether oxygens (including phenoxy) is 2. The van der Waals surface area contributed by atoms with Crippen LogP contribution < -0.4 is 10.1 Å². The zero-order valence-electron chi connectivity index (χ0n) is 15.2. The highest BCUT2D eigenvalue weighted by molar-refractivity contribution is 5.96. The molecule has 0 unspecified atom stereocenters. The maximum Gasteiger partial charge on any atom is 0.331 e. The number of phenols is 1. The first kappa shape index (κ1) is 19.0. The predicted octanol–water partition coefficient (Wildman–Crippen LogP) is 3.75. The summed E-state index contributed by atoms with van der Waals surface area (Å²) in [6.45, 7) is -0.394. The summed E-state index contributed by atoms with van der Waals surface area (Å²) in [5.74, 6) is -0.776. The number of phenolic OH excluding ortho intramolecular Hbond substituents is 1. The summed E-state index contributed by atoms with van der Waals surface area (Å²) in [6.07, 6.45) is 2.71. The van der Waals surface area contributed by atoms with E-state index in [1.165, 1.54) is 25.3 Å². The lowest BCUT2D eigenvalue weighted by atomic mass is 10.1. The van der Waals surface area contributed by atoms with E-state index >= 15 is 0 Å². The van der Waals surface area contributed by atoms with Crippen LogP contribution in [0.1, 0.15) is 5.56 Å². The molecule has 28 heavy (non-hydrogen) atoms. The molecule has 0 aromatic heterocycles. The third-order valence-electron chi connectivity index (χ3n) is 3.99. The molecule has 0 aliphatic rings. The number of carbonyl (C=O) groups excluding carboxylic acids is 2. The van der Waals surface area contributed by atoms with Crippen molar-refractivity contribution >= 4 is 34.4 Å². The smallest absolute Gasteiger partial charge is 0.331 e. The Bertz CT molecular complexity index is 1040. The van der Waals surface area contributed by atoms with Gasteiger partial charge in [-0.1, -0.05) is 36.4 Å². The summed E-state index contributed by atoms with van der Waals surface area (Å²) in [5, 5.41) is 14.3. The van der Waals surface area contributed by atoms with Gasteiger partial charge in [-0.2, -0.15) is 0 Å². The minimum absolute atomic E-state index is 0.00703. The van der Waals surface area contributed by atoms with E-state index in [0.717, 1.165) is 10.8 Å². The second-order valence-corrected chi connectivity index (χ2v) is 5.98. The SMILES string of the molecule is COc1cc(/C=C/C(=O)OCC(=O)Nc2ccc3ccccc3c2)ccc1O. The average molecular weight is 377 g/mol. The fourth-order valence-corrected chi connectivity index (χ4v) is 2.61. The van der Waals surface area contributed by atoms with Crippen molar-refractivity contribution in [1.29, 1.82) is 0 Å². The van der Waals surface area contributed by atoms with Crippen LogP contribution in [0.25, 0.3) is 16.8 Å². The summed E-state index contributed by atoms with van der Waals surface area (Å²) < 4.78 is 9.95. The van der Waals surface area contributed by atoms with E-state index in [1.807, 2.05) is 36.4 Å². The number of esters is 1. The number of aromatic hydroxyl groups is 1. The number of rotatable bonds is 6. The van der Waals surface area contributed by atoms with E-state index in [0.29, 0.717) is 17.0 Å². The molecule has 0 saturated carbocycles. The Morgan fingerprint density at radius 1 is 1.04 bits per heavy atom. The van der Waals surface area contributed by atoms with Gasteiger partial charge in [0.05, 0.1) is 7.11 Å². The zero-order valence-corrected chi connectivity index (χ0v) is 15.2. The van der Waals surface area contributed by atoms with Gasteiger partial charge in [0, 0.05) is 11.8 Å².